The Kier molecular flexibility index (Phi) is 5.90. The molecule has 0 aromatic heterocycles. The SMILES string of the molecule is O=C(NC1CCN(Cc2ccccc2)CC1)[C@@H]1CC(=O)N(c2ccc(F)cc2)C1. The second-order valence-electron chi connectivity index (χ2n) is 7.93. The van der Waals surface area contributed by atoms with Crippen LogP contribution in [0.15, 0.2) is 54.6 Å². The van der Waals surface area contributed by atoms with Crippen molar-refractivity contribution in [1.29, 1.82) is 0 Å². The maximum Gasteiger partial charge on any atom is 0.227 e. The van der Waals surface area contributed by atoms with E-state index in [1.165, 1.54) is 17.7 Å². The number of piperidine rings is 1. The minimum Gasteiger partial charge on any atom is -0.353 e. The third kappa shape index (κ3) is 4.82. The van der Waals surface area contributed by atoms with Gasteiger partial charge in [-0.25, -0.2) is 4.39 Å². The van der Waals surface area contributed by atoms with Crippen LogP contribution < -0.4 is 10.2 Å². The number of rotatable bonds is 5. The number of halogens is 1. The monoisotopic (exact) mass is 395 g/mol. The summed E-state index contributed by atoms with van der Waals surface area (Å²) >= 11 is 0. The molecule has 5 nitrogen and oxygen atoms in total. The number of benzene rings is 2. The van der Waals surface area contributed by atoms with Gasteiger partial charge in [0.1, 0.15) is 5.82 Å². The molecule has 6 heteroatoms. The molecule has 0 bridgehead atoms. The summed E-state index contributed by atoms with van der Waals surface area (Å²) in [5.74, 6) is -0.831. The van der Waals surface area contributed by atoms with Crippen LogP contribution in [0.4, 0.5) is 10.1 Å². The van der Waals surface area contributed by atoms with Gasteiger partial charge in [0.2, 0.25) is 11.8 Å². The standard InChI is InChI=1S/C23H26FN3O2/c24-19-6-8-21(9-7-19)27-16-18(14-22(27)28)23(29)25-20-10-12-26(13-11-20)15-17-4-2-1-3-5-17/h1-9,18,20H,10-16H2,(H,25,29)/t18-/m1/s1. The smallest absolute Gasteiger partial charge is 0.227 e. The molecule has 0 unspecified atom stereocenters. The second kappa shape index (κ2) is 8.74. The van der Waals surface area contributed by atoms with Crippen molar-refractivity contribution in [2.24, 2.45) is 5.92 Å². The summed E-state index contributed by atoms with van der Waals surface area (Å²) in [6.45, 7) is 3.19. The number of carbonyl (C=O) groups excluding carboxylic acids is 2. The van der Waals surface area contributed by atoms with Crippen LogP contribution in [0.3, 0.4) is 0 Å². The summed E-state index contributed by atoms with van der Waals surface area (Å²) in [7, 11) is 0. The zero-order chi connectivity index (χ0) is 20.2. The number of nitrogens with one attached hydrogen (secondary N) is 1. The fraction of sp³-hybridized carbons (Fsp3) is 0.391. The topological polar surface area (TPSA) is 52.7 Å². The van der Waals surface area contributed by atoms with Crippen LogP contribution in [-0.4, -0.2) is 42.4 Å². The molecule has 1 N–H and O–H groups in total. The summed E-state index contributed by atoms with van der Waals surface area (Å²) in [6, 6.07) is 16.4. The molecule has 2 aromatic carbocycles. The van der Waals surface area contributed by atoms with E-state index in [1.807, 2.05) is 6.07 Å². The van der Waals surface area contributed by atoms with Crippen molar-refractivity contribution in [1.82, 2.24) is 10.2 Å². The highest BCUT2D eigenvalue weighted by Crippen LogP contribution is 2.26. The van der Waals surface area contributed by atoms with Gasteiger partial charge in [0.25, 0.3) is 0 Å². The highest BCUT2D eigenvalue weighted by Gasteiger charge is 2.36. The van der Waals surface area contributed by atoms with E-state index in [-0.39, 0.29) is 36.0 Å². The number of anilines is 1. The van der Waals surface area contributed by atoms with Gasteiger partial charge in [-0.15, -0.1) is 0 Å². The molecular formula is C23H26FN3O2. The van der Waals surface area contributed by atoms with Gasteiger partial charge in [-0.3, -0.25) is 14.5 Å². The molecule has 2 fully saturated rings. The molecule has 0 spiro atoms. The van der Waals surface area contributed by atoms with Crippen LogP contribution in [0.5, 0.6) is 0 Å². The van der Waals surface area contributed by atoms with E-state index in [4.69, 9.17) is 0 Å². The van der Waals surface area contributed by atoms with Gasteiger partial charge in [0.05, 0.1) is 5.92 Å². The summed E-state index contributed by atoms with van der Waals surface area (Å²) < 4.78 is 13.1. The Bertz CT molecular complexity index is 848. The number of hydrogen-bond donors (Lipinski definition) is 1. The largest absolute Gasteiger partial charge is 0.353 e. The molecule has 1 atom stereocenters. The summed E-state index contributed by atoms with van der Waals surface area (Å²) in [5, 5.41) is 3.14. The Balaban J connectivity index is 1.26. The van der Waals surface area contributed by atoms with E-state index < -0.39 is 0 Å². The first-order valence-electron chi connectivity index (χ1n) is 10.2. The van der Waals surface area contributed by atoms with Crippen LogP contribution in [-0.2, 0) is 16.1 Å². The van der Waals surface area contributed by atoms with E-state index in [1.54, 1.807) is 17.0 Å². The van der Waals surface area contributed by atoms with Crippen molar-refractivity contribution < 1.29 is 14.0 Å². The van der Waals surface area contributed by atoms with Crippen molar-refractivity contribution in [3.05, 3.63) is 66.0 Å². The van der Waals surface area contributed by atoms with Crippen molar-refractivity contribution in [3.8, 4) is 0 Å². The Hall–Kier alpha value is -2.73. The number of nitrogens with zero attached hydrogens (tertiary/aromatic N) is 2. The second-order valence-corrected chi connectivity index (χ2v) is 7.93. The summed E-state index contributed by atoms with van der Waals surface area (Å²) in [6.07, 6.45) is 2.04. The maximum absolute atomic E-state index is 13.1. The third-order valence-electron chi connectivity index (χ3n) is 5.82. The van der Waals surface area contributed by atoms with E-state index in [9.17, 15) is 14.0 Å². The summed E-state index contributed by atoms with van der Waals surface area (Å²) in [4.78, 5) is 29.0. The van der Waals surface area contributed by atoms with Crippen LogP contribution in [0.2, 0.25) is 0 Å². The highest BCUT2D eigenvalue weighted by molar-refractivity contribution is 6.00. The van der Waals surface area contributed by atoms with Crippen molar-refractivity contribution in [3.63, 3.8) is 0 Å². The molecule has 29 heavy (non-hydrogen) atoms. The quantitative estimate of drug-likeness (QED) is 0.847. The molecule has 152 valence electrons. The van der Waals surface area contributed by atoms with Gasteiger partial charge in [-0.05, 0) is 42.7 Å². The van der Waals surface area contributed by atoms with E-state index >= 15 is 0 Å². The Morgan fingerprint density at radius 1 is 1.03 bits per heavy atom. The molecule has 2 aliphatic rings. The van der Waals surface area contributed by atoms with Gasteiger partial charge in [0, 0.05) is 44.3 Å². The highest BCUT2D eigenvalue weighted by atomic mass is 19.1. The van der Waals surface area contributed by atoms with Crippen LogP contribution in [0, 0.1) is 11.7 Å². The lowest BCUT2D eigenvalue weighted by Gasteiger charge is -2.32. The van der Waals surface area contributed by atoms with Crippen molar-refractivity contribution in [2.75, 3.05) is 24.5 Å². The number of carbonyl (C=O) groups is 2. The summed E-state index contributed by atoms with van der Waals surface area (Å²) in [5.41, 5.74) is 1.95. The fourth-order valence-corrected chi connectivity index (χ4v) is 4.15. The molecular weight excluding hydrogens is 369 g/mol. The Morgan fingerprint density at radius 3 is 2.41 bits per heavy atom. The lowest BCUT2D eigenvalue weighted by Crippen LogP contribution is -2.46. The van der Waals surface area contributed by atoms with Crippen LogP contribution in [0.1, 0.15) is 24.8 Å². The van der Waals surface area contributed by atoms with E-state index in [0.717, 1.165) is 32.5 Å². The predicted molar refractivity (Wildman–Crippen MR) is 110 cm³/mol. The fourth-order valence-electron chi connectivity index (χ4n) is 4.15. The molecule has 4 rings (SSSR count). The lowest BCUT2D eigenvalue weighted by molar-refractivity contribution is -0.127. The average Bonchev–Trinajstić information content (AvgIpc) is 3.13. The van der Waals surface area contributed by atoms with Crippen molar-refractivity contribution >= 4 is 17.5 Å². The Morgan fingerprint density at radius 2 is 1.72 bits per heavy atom. The molecule has 2 saturated heterocycles. The van der Waals surface area contributed by atoms with Gasteiger partial charge in [0.15, 0.2) is 0 Å². The van der Waals surface area contributed by atoms with Crippen molar-refractivity contribution in [2.45, 2.75) is 31.8 Å². The normalized spacial score (nSPS) is 20.8. The van der Waals surface area contributed by atoms with E-state index in [2.05, 4.69) is 34.5 Å². The van der Waals surface area contributed by atoms with E-state index in [0.29, 0.717) is 12.2 Å². The first-order chi connectivity index (χ1) is 14.1. The van der Waals surface area contributed by atoms with Gasteiger partial charge < -0.3 is 10.2 Å². The first-order valence-corrected chi connectivity index (χ1v) is 10.2. The van der Waals surface area contributed by atoms with Gasteiger partial charge in [-0.1, -0.05) is 30.3 Å². The minimum atomic E-state index is -0.352. The maximum atomic E-state index is 13.1. The zero-order valence-corrected chi connectivity index (χ0v) is 16.4. The number of likely N-dealkylation sites (tertiary alicyclic amines) is 1. The minimum absolute atomic E-state index is 0.0514. The van der Waals surface area contributed by atoms with Gasteiger partial charge in [-0.2, -0.15) is 0 Å². The molecule has 0 aliphatic carbocycles. The Labute approximate surface area is 170 Å². The van der Waals surface area contributed by atoms with Gasteiger partial charge >= 0.3 is 0 Å². The predicted octanol–water partition coefficient (Wildman–Crippen LogP) is 2.96. The molecule has 0 radical (unpaired) electrons. The molecule has 2 aliphatic heterocycles. The molecule has 2 heterocycles. The number of hydrogen-bond acceptors (Lipinski definition) is 3. The zero-order valence-electron chi connectivity index (χ0n) is 16.4. The molecule has 0 saturated carbocycles. The van der Waals surface area contributed by atoms with Crippen LogP contribution >= 0.6 is 0 Å². The molecule has 2 amide bonds. The third-order valence-corrected chi connectivity index (χ3v) is 5.82. The lowest BCUT2D eigenvalue weighted by atomic mass is 10.0. The van der Waals surface area contributed by atoms with Crippen LogP contribution in [0.25, 0.3) is 0 Å². The molecule has 2 aromatic rings. The first kappa shape index (κ1) is 19.6. The average molecular weight is 395 g/mol. The number of amides is 2.